The molecule has 13 heteroatoms. The van der Waals surface area contributed by atoms with Crippen LogP contribution in [0.4, 0.5) is 15.8 Å². The van der Waals surface area contributed by atoms with Crippen molar-refractivity contribution in [1.82, 2.24) is 9.88 Å². The fourth-order valence-electron chi connectivity index (χ4n) is 2.92. The second kappa shape index (κ2) is 7.52. The van der Waals surface area contributed by atoms with E-state index in [9.17, 15) is 32.5 Å². The van der Waals surface area contributed by atoms with Crippen LogP contribution in [0.3, 0.4) is 0 Å². The maximum absolute atomic E-state index is 13.5. The van der Waals surface area contributed by atoms with E-state index < -0.39 is 38.3 Å². The predicted molar refractivity (Wildman–Crippen MR) is 107 cm³/mol. The monoisotopic (exact) mass is 462 g/mol. The SMILES string of the molecule is O=C1c2cccnc2C(=O)N1Cc1ccc(S(=O)(=O)Nc2ccc(F)c([N+](=O)[O-])c2)s1. The van der Waals surface area contributed by atoms with Gasteiger partial charge in [0, 0.05) is 17.1 Å². The quantitative estimate of drug-likeness (QED) is 0.337. The van der Waals surface area contributed by atoms with Gasteiger partial charge in [-0.25, -0.2) is 8.42 Å². The molecule has 0 spiro atoms. The number of imide groups is 1. The number of halogens is 1. The number of benzene rings is 1. The fraction of sp³-hybridized carbons (Fsp3) is 0.0556. The van der Waals surface area contributed by atoms with Crippen LogP contribution in [0, 0.1) is 15.9 Å². The molecule has 3 heterocycles. The average molecular weight is 462 g/mol. The van der Waals surface area contributed by atoms with Crippen LogP contribution >= 0.6 is 11.3 Å². The van der Waals surface area contributed by atoms with Gasteiger partial charge in [0.15, 0.2) is 0 Å². The van der Waals surface area contributed by atoms with Gasteiger partial charge in [0.05, 0.1) is 22.7 Å². The summed E-state index contributed by atoms with van der Waals surface area (Å²) in [5, 5.41) is 10.8. The minimum Gasteiger partial charge on any atom is -0.279 e. The summed E-state index contributed by atoms with van der Waals surface area (Å²) in [6.07, 6.45) is 1.40. The summed E-state index contributed by atoms with van der Waals surface area (Å²) in [5.74, 6) is -2.19. The minimum absolute atomic E-state index is 0.0384. The van der Waals surface area contributed by atoms with E-state index in [1.807, 2.05) is 0 Å². The molecule has 1 N–H and O–H groups in total. The molecule has 0 atom stereocenters. The van der Waals surface area contributed by atoms with Crippen molar-refractivity contribution in [3.63, 3.8) is 0 Å². The van der Waals surface area contributed by atoms with E-state index in [0.717, 1.165) is 34.4 Å². The Bertz CT molecular complexity index is 1320. The van der Waals surface area contributed by atoms with Crippen molar-refractivity contribution in [1.29, 1.82) is 0 Å². The third-order valence-electron chi connectivity index (χ3n) is 4.34. The molecule has 0 radical (unpaired) electrons. The van der Waals surface area contributed by atoms with Gasteiger partial charge >= 0.3 is 5.69 Å². The number of carbonyl (C=O) groups is 2. The first-order chi connectivity index (χ1) is 14.7. The van der Waals surface area contributed by atoms with Crippen LogP contribution in [0.15, 0.2) is 52.9 Å². The maximum atomic E-state index is 13.5. The molecule has 0 fully saturated rings. The van der Waals surface area contributed by atoms with Gasteiger partial charge in [-0.05, 0) is 36.4 Å². The van der Waals surface area contributed by atoms with Crippen molar-refractivity contribution in [2.24, 2.45) is 0 Å². The Balaban J connectivity index is 1.54. The predicted octanol–water partition coefficient (Wildman–Crippen LogP) is 2.79. The molecule has 1 aliphatic heterocycles. The summed E-state index contributed by atoms with van der Waals surface area (Å²) >= 11 is 0.817. The standard InChI is InChI=1S/C18H11FN4O6S2/c19-13-5-3-10(8-14(13)23(26)27)21-31(28,29)15-6-4-11(30-15)9-22-17(24)12-2-1-7-20-16(12)18(22)25/h1-8,21H,9H2. The number of nitro benzene ring substituents is 1. The Morgan fingerprint density at radius 3 is 2.65 bits per heavy atom. The highest BCUT2D eigenvalue weighted by molar-refractivity contribution is 7.94. The molecule has 158 valence electrons. The van der Waals surface area contributed by atoms with Crippen molar-refractivity contribution in [2.75, 3.05) is 4.72 Å². The summed E-state index contributed by atoms with van der Waals surface area (Å²) in [4.78, 5) is 40.0. The lowest BCUT2D eigenvalue weighted by Crippen LogP contribution is -2.28. The van der Waals surface area contributed by atoms with E-state index >= 15 is 0 Å². The molecule has 1 aromatic carbocycles. The molecule has 2 aromatic heterocycles. The average Bonchev–Trinajstić information content (AvgIpc) is 3.30. The van der Waals surface area contributed by atoms with Crippen molar-refractivity contribution in [2.45, 2.75) is 10.8 Å². The number of nitro groups is 1. The van der Waals surface area contributed by atoms with E-state index in [0.29, 0.717) is 4.88 Å². The zero-order valence-corrected chi connectivity index (χ0v) is 16.9. The van der Waals surface area contributed by atoms with Crippen LogP contribution in [0.5, 0.6) is 0 Å². The van der Waals surface area contributed by atoms with E-state index in [1.54, 1.807) is 0 Å². The topological polar surface area (TPSA) is 140 Å². The molecule has 4 rings (SSSR count). The summed E-state index contributed by atoms with van der Waals surface area (Å²) in [5.41, 5.74) is -0.839. The second-order valence-electron chi connectivity index (χ2n) is 6.35. The minimum atomic E-state index is -4.14. The lowest BCUT2D eigenvalue weighted by atomic mass is 10.2. The Labute approximate surface area is 178 Å². The molecule has 0 aliphatic carbocycles. The number of hydrogen-bond donors (Lipinski definition) is 1. The number of fused-ring (bicyclic) bond motifs is 1. The highest BCUT2D eigenvalue weighted by Crippen LogP contribution is 2.29. The Morgan fingerprint density at radius 1 is 1.16 bits per heavy atom. The smallest absolute Gasteiger partial charge is 0.279 e. The van der Waals surface area contributed by atoms with Gasteiger partial charge in [-0.2, -0.15) is 4.39 Å². The number of carbonyl (C=O) groups excluding carboxylic acids is 2. The van der Waals surface area contributed by atoms with Crippen LogP contribution in [-0.2, 0) is 16.6 Å². The van der Waals surface area contributed by atoms with E-state index in [1.165, 1.54) is 30.5 Å². The van der Waals surface area contributed by atoms with Gasteiger partial charge < -0.3 is 0 Å². The maximum Gasteiger partial charge on any atom is 0.306 e. The van der Waals surface area contributed by atoms with Crippen LogP contribution in [0.2, 0.25) is 0 Å². The Morgan fingerprint density at radius 2 is 1.94 bits per heavy atom. The molecule has 0 saturated carbocycles. The first-order valence-corrected chi connectivity index (χ1v) is 10.8. The molecule has 3 aromatic rings. The molecular formula is C18H11FN4O6S2. The molecule has 2 amide bonds. The third-order valence-corrected chi connectivity index (χ3v) is 7.28. The van der Waals surface area contributed by atoms with E-state index in [2.05, 4.69) is 9.71 Å². The molecule has 10 nitrogen and oxygen atoms in total. The highest BCUT2D eigenvalue weighted by atomic mass is 32.2. The molecule has 0 unspecified atom stereocenters. The van der Waals surface area contributed by atoms with Gasteiger partial charge in [-0.15, -0.1) is 11.3 Å². The fourth-order valence-corrected chi connectivity index (χ4v) is 5.32. The lowest BCUT2D eigenvalue weighted by Gasteiger charge is -2.11. The Kier molecular flexibility index (Phi) is 4.99. The van der Waals surface area contributed by atoms with Crippen molar-refractivity contribution < 1.29 is 27.3 Å². The van der Waals surface area contributed by atoms with Gasteiger partial charge in [0.2, 0.25) is 5.82 Å². The number of nitrogens with zero attached hydrogens (tertiary/aromatic N) is 3. The first kappa shape index (κ1) is 20.6. The number of aromatic nitrogens is 1. The zero-order valence-electron chi connectivity index (χ0n) is 15.3. The molecule has 0 saturated heterocycles. The van der Waals surface area contributed by atoms with Crippen molar-refractivity contribution >= 4 is 44.5 Å². The third kappa shape index (κ3) is 3.75. The lowest BCUT2D eigenvalue weighted by molar-refractivity contribution is -0.387. The second-order valence-corrected chi connectivity index (χ2v) is 9.42. The van der Waals surface area contributed by atoms with Gasteiger partial charge in [0.25, 0.3) is 21.8 Å². The van der Waals surface area contributed by atoms with Gasteiger partial charge in [-0.1, -0.05) is 0 Å². The van der Waals surface area contributed by atoms with Crippen molar-refractivity contribution in [3.05, 3.63) is 80.7 Å². The summed E-state index contributed by atoms with van der Waals surface area (Å²) in [6.45, 7) is -0.143. The van der Waals surface area contributed by atoms with E-state index in [4.69, 9.17) is 0 Å². The number of pyridine rings is 1. The summed E-state index contributed by atoms with van der Waals surface area (Å²) < 4.78 is 40.7. The molecule has 0 bridgehead atoms. The number of sulfonamides is 1. The number of thiophene rings is 1. The number of rotatable bonds is 6. The number of nitrogens with one attached hydrogen (secondary N) is 1. The van der Waals surface area contributed by atoms with Gasteiger partial charge in [0.1, 0.15) is 9.90 Å². The molecule has 1 aliphatic rings. The summed E-state index contributed by atoms with van der Waals surface area (Å²) in [6, 6.07) is 8.35. The molecule has 31 heavy (non-hydrogen) atoms. The van der Waals surface area contributed by atoms with Crippen LogP contribution in [0.25, 0.3) is 0 Å². The number of amides is 2. The number of hydrogen-bond acceptors (Lipinski definition) is 8. The zero-order chi connectivity index (χ0) is 22.3. The normalized spacial score (nSPS) is 13.4. The molecular weight excluding hydrogens is 451 g/mol. The largest absolute Gasteiger partial charge is 0.306 e. The Hall–Kier alpha value is -3.71. The first-order valence-electron chi connectivity index (χ1n) is 8.54. The van der Waals surface area contributed by atoms with Gasteiger partial charge in [-0.3, -0.25) is 34.3 Å². The van der Waals surface area contributed by atoms with Crippen molar-refractivity contribution in [3.8, 4) is 0 Å². The van der Waals surface area contributed by atoms with Crippen LogP contribution < -0.4 is 4.72 Å². The highest BCUT2D eigenvalue weighted by Gasteiger charge is 2.37. The van der Waals surface area contributed by atoms with Crippen LogP contribution in [0.1, 0.15) is 25.7 Å². The van der Waals surface area contributed by atoms with Crippen LogP contribution in [-0.4, -0.2) is 35.0 Å². The van der Waals surface area contributed by atoms with E-state index in [-0.39, 0.29) is 27.7 Å². The number of anilines is 1. The summed E-state index contributed by atoms with van der Waals surface area (Å²) in [7, 11) is -4.14.